The fourth-order valence-corrected chi connectivity index (χ4v) is 4.63. The minimum atomic E-state index is -0.0203. The normalized spacial score (nSPS) is 25.2. The second-order valence-corrected chi connectivity index (χ2v) is 8.19. The van der Waals surface area contributed by atoms with Gasteiger partial charge in [-0.3, -0.25) is 9.69 Å². The number of esters is 1. The van der Waals surface area contributed by atoms with E-state index in [9.17, 15) is 4.79 Å². The number of hydrogen-bond donors (Lipinski definition) is 0. The number of nitrogens with zero attached hydrogens (tertiary/aromatic N) is 1. The zero-order valence-corrected chi connectivity index (χ0v) is 15.9. The number of ether oxygens (including phenoxy) is 1. The Balaban J connectivity index is 1.42. The highest BCUT2D eigenvalue weighted by Gasteiger charge is 2.33. The Bertz CT molecular complexity index is 569. The van der Waals surface area contributed by atoms with Crippen molar-refractivity contribution in [3.05, 3.63) is 35.4 Å². The fourth-order valence-electron chi connectivity index (χ4n) is 4.63. The highest BCUT2D eigenvalue weighted by Crippen LogP contribution is 2.31. The topological polar surface area (TPSA) is 29.5 Å². The van der Waals surface area contributed by atoms with Crippen molar-refractivity contribution < 1.29 is 9.53 Å². The second-order valence-electron chi connectivity index (χ2n) is 8.19. The molecular weight excluding hydrogens is 310 g/mol. The summed E-state index contributed by atoms with van der Waals surface area (Å²) in [6.45, 7) is 7.36. The summed E-state index contributed by atoms with van der Waals surface area (Å²) < 4.78 is 5.70. The number of aryl methyl sites for hydroxylation is 1. The van der Waals surface area contributed by atoms with Crippen LogP contribution in [0.15, 0.2) is 24.3 Å². The third kappa shape index (κ3) is 5.31. The first-order valence-electron chi connectivity index (χ1n) is 10.1. The van der Waals surface area contributed by atoms with Crippen LogP contribution >= 0.6 is 0 Å². The highest BCUT2D eigenvalue weighted by molar-refractivity contribution is 5.69. The van der Waals surface area contributed by atoms with Gasteiger partial charge in [-0.1, -0.05) is 43.2 Å². The quantitative estimate of drug-likeness (QED) is 0.718. The number of hydrogen-bond acceptors (Lipinski definition) is 3. The Morgan fingerprint density at radius 3 is 2.92 bits per heavy atom. The van der Waals surface area contributed by atoms with E-state index >= 15 is 0 Å². The molecule has 2 fully saturated rings. The maximum atomic E-state index is 12.3. The van der Waals surface area contributed by atoms with Crippen LogP contribution in [0, 0.1) is 18.8 Å². The van der Waals surface area contributed by atoms with Gasteiger partial charge in [0.2, 0.25) is 0 Å². The smallest absolute Gasteiger partial charge is 0.306 e. The SMILES string of the molecule is Cc1cccc(C[C@@H](C)CC(=O)OC[C@H]2CCCN3CCCC[C@H]23)c1. The number of piperidine rings is 2. The van der Waals surface area contributed by atoms with Gasteiger partial charge in [0, 0.05) is 18.4 Å². The molecule has 2 aliphatic heterocycles. The molecule has 138 valence electrons. The summed E-state index contributed by atoms with van der Waals surface area (Å²) in [6.07, 6.45) is 7.88. The molecule has 0 aromatic heterocycles. The van der Waals surface area contributed by atoms with Crippen LogP contribution in [0.2, 0.25) is 0 Å². The summed E-state index contributed by atoms with van der Waals surface area (Å²) in [5.74, 6) is 0.852. The van der Waals surface area contributed by atoms with Crippen LogP contribution < -0.4 is 0 Å². The zero-order valence-electron chi connectivity index (χ0n) is 15.9. The molecule has 0 amide bonds. The van der Waals surface area contributed by atoms with Crippen LogP contribution in [0.3, 0.4) is 0 Å². The molecule has 2 heterocycles. The van der Waals surface area contributed by atoms with E-state index in [0.29, 0.717) is 30.9 Å². The van der Waals surface area contributed by atoms with Crippen LogP contribution in [0.5, 0.6) is 0 Å². The molecule has 2 aliphatic rings. The third-order valence-electron chi connectivity index (χ3n) is 5.87. The van der Waals surface area contributed by atoms with E-state index in [1.54, 1.807) is 0 Å². The Kier molecular flexibility index (Phi) is 6.52. The highest BCUT2D eigenvalue weighted by atomic mass is 16.5. The number of rotatable bonds is 6. The van der Waals surface area contributed by atoms with E-state index in [0.717, 1.165) is 6.42 Å². The van der Waals surface area contributed by atoms with Crippen molar-refractivity contribution in [2.75, 3.05) is 19.7 Å². The van der Waals surface area contributed by atoms with Gasteiger partial charge in [-0.2, -0.15) is 0 Å². The molecule has 0 radical (unpaired) electrons. The molecule has 1 aromatic carbocycles. The predicted octanol–water partition coefficient (Wildman–Crippen LogP) is 4.37. The van der Waals surface area contributed by atoms with Crippen molar-refractivity contribution in [2.24, 2.45) is 11.8 Å². The summed E-state index contributed by atoms with van der Waals surface area (Å²) in [5.41, 5.74) is 2.59. The van der Waals surface area contributed by atoms with Crippen molar-refractivity contribution in [1.29, 1.82) is 0 Å². The Hall–Kier alpha value is -1.35. The van der Waals surface area contributed by atoms with Gasteiger partial charge in [-0.05, 0) is 63.6 Å². The number of fused-ring (bicyclic) bond motifs is 1. The van der Waals surface area contributed by atoms with Crippen LogP contribution in [0.25, 0.3) is 0 Å². The molecule has 3 nitrogen and oxygen atoms in total. The lowest BCUT2D eigenvalue weighted by atomic mass is 9.84. The summed E-state index contributed by atoms with van der Waals surface area (Å²) in [6, 6.07) is 9.21. The average molecular weight is 344 g/mol. The lowest BCUT2D eigenvalue weighted by Crippen LogP contribution is -2.49. The maximum absolute atomic E-state index is 12.3. The van der Waals surface area contributed by atoms with E-state index in [1.807, 2.05) is 0 Å². The van der Waals surface area contributed by atoms with Crippen molar-refractivity contribution >= 4 is 5.97 Å². The molecule has 1 aromatic rings. The van der Waals surface area contributed by atoms with E-state index in [-0.39, 0.29) is 5.97 Å². The Morgan fingerprint density at radius 1 is 1.24 bits per heavy atom. The molecule has 0 spiro atoms. The van der Waals surface area contributed by atoms with Crippen LogP contribution in [-0.4, -0.2) is 36.6 Å². The molecule has 3 heteroatoms. The average Bonchev–Trinajstić information content (AvgIpc) is 2.59. The first-order valence-corrected chi connectivity index (χ1v) is 10.1. The van der Waals surface area contributed by atoms with Crippen molar-refractivity contribution in [2.45, 2.75) is 64.8 Å². The molecule has 0 saturated carbocycles. The summed E-state index contributed by atoms with van der Waals surface area (Å²) in [4.78, 5) is 14.9. The maximum Gasteiger partial charge on any atom is 0.306 e. The lowest BCUT2D eigenvalue weighted by Gasteiger charge is -2.44. The minimum Gasteiger partial charge on any atom is -0.465 e. The van der Waals surface area contributed by atoms with E-state index in [1.165, 1.54) is 56.3 Å². The lowest BCUT2D eigenvalue weighted by molar-refractivity contribution is -0.147. The number of carbonyl (C=O) groups is 1. The summed E-state index contributed by atoms with van der Waals surface area (Å²) in [7, 11) is 0. The number of carbonyl (C=O) groups excluding carboxylic acids is 1. The van der Waals surface area contributed by atoms with Crippen molar-refractivity contribution in [1.82, 2.24) is 4.90 Å². The van der Waals surface area contributed by atoms with E-state index in [2.05, 4.69) is 43.0 Å². The first-order chi connectivity index (χ1) is 12.1. The molecule has 3 atom stereocenters. The van der Waals surface area contributed by atoms with Crippen molar-refractivity contribution in [3.8, 4) is 0 Å². The number of benzene rings is 1. The van der Waals surface area contributed by atoms with Gasteiger partial charge in [-0.25, -0.2) is 0 Å². The second kappa shape index (κ2) is 8.84. The van der Waals surface area contributed by atoms with Crippen LogP contribution in [0.1, 0.15) is 56.6 Å². The molecule has 2 saturated heterocycles. The fraction of sp³-hybridized carbons (Fsp3) is 0.682. The van der Waals surface area contributed by atoms with Gasteiger partial charge in [-0.15, -0.1) is 0 Å². The summed E-state index contributed by atoms with van der Waals surface area (Å²) in [5, 5.41) is 0. The predicted molar refractivity (Wildman–Crippen MR) is 102 cm³/mol. The zero-order chi connectivity index (χ0) is 17.6. The molecular formula is C22H33NO2. The van der Waals surface area contributed by atoms with Gasteiger partial charge in [0.05, 0.1) is 6.61 Å². The minimum absolute atomic E-state index is 0.0203. The van der Waals surface area contributed by atoms with Crippen LogP contribution in [-0.2, 0) is 16.0 Å². The molecule has 0 aliphatic carbocycles. The van der Waals surface area contributed by atoms with Gasteiger partial charge in [0.1, 0.15) is 0 Å². The molecule has 0 bridgehead atoms. The van der Waals surface area contributed by atoms with Gasteiger partial charge in [0.25, 0.3) is 0 Å². The molecule has 3 rings (SSSR count). The van der Waals surface area contributed by atoms with Gasteiger partial charge < -0.3 is 4.74 Å². The van der Waals surface area contributed by atoms with Crippen molar-refractivity contribution in [3.63, 3.8) is 0 Å². The molecule has 0 unspecified atom stereocenters. The van der Waals surface area contributed by atoms with Crippen LogP contribution in [0.4, 0.5) is 0 Å². The Morgan fingerprint density at radius 2 is 2.08 bits per heavy atom. The first kappa shape index (κ1) is 18.4. The van der Waals surface area contributed by atoms with Gasteiger partial charge in [0.15, 0.2) is 0 Å². The van der Waals surface area contributed by atoms with Gasteiger partial charge >= 0.3 is 5.97 Å². The largest absolute Gasteiger partial charge is 0.465 e. The Labute approximate surface area is 152 Å². The molecule has 25 heavy (non-hydrogen) atoms. The standard InChI is InChI=1S/C22H33NO2/c1-17-7-5-8-19(13-17)14-18(2)15-22(24)25-16-20-9-6-12-23-11-4-3-10-21(20)23/h5,7-8,13,18,20-21H,3-4,6,9-12,14-16H2,1-2H3/t18-,20-,21-/m1/s1. The van der Waals surface area contributed by atoms with E-state index in [4.69, 9.17) is 4.74 Å². The van der Waals surface area contributed by atoms with E-state index < -0.39 is 0 Å². The molecule has 0 N–H and O–H groups in total. The summed E-state index contributed by atoms with van der Waals surface area (Å²) >= 11 is 0. The monoisotopic (exact) mass is 343 g/mol. The third-order valence-corrected chi connectivity index (χ3v) is 5.87.